The van der Waals surface area contributed by atoms with E-state index in [0.717, 1.165) is 6.08 Å². The normalized spacial score (nSPS) is 10.0. The Kier molecular flexibility index (Phi) is 5.18. The monoisotopic (exact) mass is 248 g/mol. The van der Waals surface area contributed by atoms with E-state index in [-0.39, 0.29) is 12.2 Å². The lowest BCUT2D eigenvalue weighted by Crippen LogP contribution is -1.98. The van der Waals surface area contributed by atoms with Crippen molar-refractivity contribution in [2.75, 3.05) is 6.61 Å². The van der Waals surface area contributed by atoms with Crippen LogP contribution in [0.2, 0.25) is 0 Å². The van der Waals surface area contributed by atoms with Crippen LogP contribution >= 0.6 is 0 Å². The zero-order chi connectivity index (χ0) is 13.4. The first-order chi connectivity index (χ1) is 8.63. The third kappa shape index (κ3) is 4.52. The van der Waals surface area contributed by atoms with Crippen LogP contribution in [0, 0.1) is 0 Å². The van der Waals surface area contributed by atoms with E-state index in [0.29, 0.717) is 5.75 Å². The van der Waals surface area contributed by atoms with Crippen molar-refractivity contribution in [3.8, 4) is 5.75 Å². The average molecular weight is 248 g/mol. The van der Waals surface area contributed by atoms with Crippen LogP contribution in [0.1, 0.15) is 10.4 Å². The Morgan fingerprint density at radius 1 is 1.28 bits per heavy atom. The maximum absolute atomic E-state index is 10.7. The molecule has 0 spiro atoms. The molecule has 0 saturated heterocycles. The highest BCUT2D eigenvalue weighted by molar-refractivity contribution is 5.87. The van der Waals surface area contributed by atoms with Gasteiger partial charge in [0.1, 0.15) is 12.4 Å². The minimum absolute atomic E-state index is 0.192. The van der Waals surface area contributed by atoms with E-state index in [2.05, 4.69) is 11.3 Å². The SMILES string of the molecule is C=CC(=O)OC=CCOc1ccc(C(=O)O)cc1. The van der Waals surface area contributed by atoms with Crippen molar-refractivity contribution in [3.05, 3.63) is 54.8 Å². The third-order valence-corrected chi connectivity index (χ3v) is 1.89. The van der Waals surface area contributed by atoms with Crippen molar-refractivity contribution in [1.82, 2.24) is 0 Å². The summed E-state index contributed by atoms with van der Waals surface area (Å²) < 4.78 is 9.84. The first-order valence-electron chi connectivity index (χ1n) is 5.07. The lowest BCUT2D eigenvalue weighted by molar-refractivity contribution is -0.132. The second kappa shape index (κ2) is 6.90. The number of hydrogen-bond acceptors (Lipinski definition) is 4. The van der Waals surface area contributed by atoms with Crippen LogP contribution in [0.4, 0.5) is 0 Å². The molecule has 0 heterocycles. The van der Waals surface area contributed by atoms with Gasteiger partial charge in [0.15, 0.2) is 0 Å². The summed E-state index contributed by atoms with van der Waals surface area (Å²) in [5.41, 5.74) is 0.192. The first kappa shape index (κ1) is 13.5. The van der Waals surface area contributed by atoms with Crippen LogP contribution < -0.4 is 4.74 Å². The number of hydrogen-bond donors (Lipinski definition) is 1. The van der Waals surface area contributed by atoms with Crippen LogP contribution in [-0.2, 0) is 9.53 Å². The van der Waals surface area contributed by atoms with Crippen LogP contribution in [-0.4, -0.2) is 23.7 Å². The summed E-state index contributed by atoms with van der Waals surface area (Å²) in [5, 5.41) is 8.69. The first-order valence-corrected chi connectivity index (χ1v) is 5.07. The van der Waals surface area contributed by atoms with E-state index in [1.54, 1.807) is 12.1 Å². The molecule has 0 saturated carbocycles. The van der Waals surface area contributed by atoms with Gasteiger partial charge >= 0.3 is 11.9 Å². The molecular formula is C13H12O5. The van der Waals surface area contributed by atoms with Gasteiger partial charge in [-0.3, -0.25) is 0 Å². The minimum atomic E-state index is -0.988. The van der Waals surface area contributed by atoms with E-state index in [4.69, 9.17) is 9.84 Å². The Balaban J connectivity index is 2.37. The van der Waals surface area contributed by atoms with Crippen molar-refractivity contribution in [1.29, 1.82) is 0 Å². The number of carbonyl (C=O) groups is 2. The largest absolute Gasteiger partial charge is 0.489 e. The summed E-state index contributed by atoms with van der Waals surface area (Å²) in [4.78, 5) is 21.3. The average Bonchev–Trinajstić information content (AvgIpc) is 2.38. The summed E-state index contributed by atoms with van der Waals surface area (Å²) in [5.74, 6) is -1.01. The van der Waals surface area contributed by atoms with Gasteiger partial charge < -0.3 is 14.6 Å². The maximum atomic E-state index is 10.7. The molecule has 0 aliphatic rings. The number of rotatable bonds is 6. The highest BCUT2D eigenvalue weighted by Crippen LogP contribution is 2.11. The van der Waals surface area contributed by atoms with Gasteiger partial charge in [-0.1, -0.05) is 6.58 Å². The van der Waals surface area contributed by atoms with Gasteiger partial charge in [0.05, 0.1) is 11.8 Å². The lowest BCUT2D eigenvalue weighted by Gasteiger charge is -2.02. The second-order valence-corrected chi connectivity index (χ2v) is 3.15. The van der Waals surface area contributed by atoms with Crippen LogP contribution in [0.15, 0.2) is 49.3 Å². The van der Waals surface area contributed by atoms with Gasteiger partial charge in [0.2, 0.25) is 0 Å². The predicted octanol–water partition coefficient (Wildman–Crippen LogP) is 2.01. The third-order valence-electron chi connectivity index (χ3n) is 1.89. The molecule has 0 aliphatic heterocycles. The van der Waals surface area contributed by atoms with Gasteiger partial charge in [0.25, 0.3) is 0 Å². The fourth-order valence-electron chi connectivity index (χ4n) is 1.04. The molecule has 94 valence electrons. The molecular weight excluding hydrogens is 236 g/mol. The molecule has 0 radical (unpaired) electrons. The van der Waals surface area contributed by atoms with Gasteiger partial charge in [-0.15, -0.1) is 0 Å². The standard InChI is InChI=1S/C13H12O5/c1-2-12(14)18-9-3-8-17-11-6-4-10(5-7-11)13(15)16/h2-7,9H,1,8H2,(H,15,16). The fraction of sp³-hybridized carbons (Fsp3) is 0.0769. The molecule has 18 heavy (non-hydrogen) atoms. The molecule has 0 amide bonds. The Bertz CT molecular complexity index is 459. The summed E-state index contributed by atoms with van der Waals surface area (Å²) in [6.07, 6.45) is 3.76. The fourth-order valence-corrected chi connectivity index (χ4v) is 1.04. The molecule has 1 aromatic carbocycles. The molecule has 5 nitrogen and oxygen atoms in total. The number of benzene rings is 1. The van der Waals surface area contributed by atoms with Gasteiger partial charge in [-0.25, -0.2) is 9.59 Å². The van der Waals surface area contributed by atoms with Crippen molar-refractivity contribution in [2.45, 2.75) is 0 Å². The zero-order valence-corrected chi connectivity index (χ0v) is 9.54. The number of ether oxygens (including phenoxy) is 2. The smallest absolute Gasteiger partial charge is 0.335 e. The van der Waals surface area contributed by atoms with Crippen LogP contribution in [0.25, 0.3) is 0 Å². The molecule has 0 aromatic heterocycles. The molecule has 1 aromatic rings. The number of esters is 1. The minimum Gasteiger partial charge on any atom is -0.489 e. The van der Waals surface area contributed by atoms with Gasteiger partial charge in [-0.05, 0) is 30.3 Å². The van der Waals surface area contributed by atoms with E-state index >= 15 is 0 Å². The van der Waals surface area contributed by atoms with Crippen LogP contribution in [0.3, 0.4) is 0 Å². The predicted molar refractivity (Wildman–Crippen MR) is 64.3 cm³/mol. The highest BCUT2D eigenvalue weighted by atomic mass is 16.5. The molecule has 0 aliphatic carbocycles. The van der Waals surface area contributed by atoms with E-state index < -0.39 is 11.9 Å². The van der Waals surface area contributed by atoms with Crippen molar-refractivity contribution >= 4 is 11.9 Å². The highest BCUT2D eigenvalue weighted by Gasteiger charge is 2.01. The van der Waals surface area contributed by atoms with Crippen molar-refractivity contribution < 1.29 is 24.2 Å². The van der Waals surface area contributed by atoms with Crippen LogP contribution in [0.5, 0.6) is 5.75 Å². The molecule has 0 atom stereocenters. The Hall–Kier alpha value is -2.56. The topological polar surface area (TPSA) is 72.8 Å². The molecule has 0 unspecified atom stereocenters. The summed E-state index contributed by atoms with van der Waals surface area (Å²) >= 11 is 0. The maximum Gasteiger partial charge on any atom is 0.335 e. The van der Waals surface area contributed by atoms with E-state index in [1.807, 2.05) is 0 Å². The number of carboxylic acid groups (broad SMARTS) is 1. The zero-order valence-electron chi connectivity index (χ0n) is 9.54. The Morgan fingerprint density at radius 3 is 2.50 bits per heavy atom. The molecule has 1 rings (SSSR count). The molecule has 5 heteroatoms. The number of carbonyl (C=O) groups excluding carboxylic acids is 1. The second-order valence-electron chi connectivity index (χ2n) is 3.15. The van der Waals surface area contributed by atoms with Crippen molar-refractivity contribution in [3.63, 3.8) is 0 Å². The number of carboxylic acids is 1. The Labute approximate surface area is 104 Å². The summed E-state index contributed by atoms with van der Waals surface area (Å²) in [6, 6.07) is 5.98. The van der Waals surface area contributed by atoms with E-state index in [9.17, 15) is 9.59 Å². The molecule has 0 fully saturated rings. The van der Waals surface area contributed by atoms with E-state index in [1.165, 1.54) is 24.5 Å². The summed E-state index contributed by atoms with van der Waals surface area (Å²) in [6.45, 7) is 3.45. The van der Waals surface area contributed by atoms with Crippen molar-refractivity contribution in [2.24, 2.45) is 0 Å². The molecule has 1 N–H and O–H groups in total. The quantitative estimate of drug-likeness (QED) is 0.473. The number of aromatic carboxylic acids is 1. The van der Waals surface area contributed by atoms with Gasteiger partial charge in [0, 0.05) is 6.08 Å². The van der Waals surface area contributed by atoms with Gasteiger partial charge in [-0.2, -0.15) is 0 Å². The summed E-state index contributed by atoms with van der Waals surface area (Å²) in [7, 11) is 0. The molecule has 0 bridgehead atoms. The Morgan fingerprint density at radius 2 is 1.94 bits per heavy atom. The lowest BCUT2D eigenvalue weighted by atomic mass is 10.2.